The lowest BCUT2D eigenvalue weighted by molar-refractivity contribution is -0.123. The van der Waals surface area contributed by atoms with Gasteiger partial charge in [0, 0.05) is 31.7 Å². The van der Waals surface area contributed by atoms with Crippen molar-refractivity contribution in [2.75, 3.05) is 18.0 Å². The van der Waals surface area contributed by atoms with Crippen molar-refractivity contribution in [3.63, 3.8) is 0 Å². The fraction of sp³-hybridized carbons (Fsp3) is 0.556. The number of nitrogens with zero attached hydrogens (tertiary/aromatic N) is 2. The summed E-state index contributed by atoms with van der Waals surface area (Å²) in [6.45, 7) is 1.91. The molecule has 0 spiro atoms. The quantitative estimate of drug-likeness (QED) is 0.942. The van der Waals surface area contributed by atoms with Crippen LogP contribution in [0, 0.1) is 5.92 Å². The van der Waals surface area contributed by atoms with Gasteiger partial charge in [0.25, 0.3) is 0 Å². The molecule has 3 heterocycles. The number of carbonyl (C=O) groups excluding carboxylic acids is 1. The molecule has 5 nitrogen and oxygen atoms in total. The van der Waals surface area contributed by atoms with E-state index in [0.717, 1.165) is 55.6 Å². The molecule has 2 aliphatic rings. The van der Waals surface area contributed by atoms with Crippen molar-refractivity contribution in [3.8, 4) is 0 Å². The molecule has 2 aromatic rings. The van der Waals surface area contributed by atoms with Crippen LogP contribution in [0.5, 0.6) is 0 Å². The van der Waals surface area contributed by atoms with Crippen molar-refractivity contribution < 1.29 is 9.21 Å². The summed E-state index contributed by atoms with van der Waals surface area (Å²) in [6.07, 6.45) is 9.87. The number of amides is 1. The predicted octanol–water partition coefficient (Wildman–Crippen LogP) is 3.10. The third-order valence-electron chi connectivity index (χ3n) is 5.22. The van der Waals surface area contributed by atoms with E-state index < -0.39 is 0 Å². The fourth-order valence-electron chi connectivity index (χ4n) is 3.58. The van der Waals surface area contributed by atoms with Crippen LogP contribution in [0.25, 0.3) is 11.0 Å². The van der Waals surface area contributed by atoms with Gasteiger partial charge in [0.2, 0.25) is 5.91 Å². The van der Waals surface area contributed by atoms with Gasteiger partial charge in [-0.2, -0.15) is 0 Å². The molecule has 2 aromatic heterocycles. The van der Waals surface area contributed by atoms with Gasteiger partial charge in [0.1, 0.15) is 11.4 Å². The molecule has 1 saturated carbocycles. The Hall–Kier alpha value is -2.04. The molecule has 1 saturated heterocycles. The molecule has 122 valence electrons. The first-order chi connectivity index (χ1) is 11.3. The molecular weight excluding hydrogens is 290 g/mol. The number of rotatable bonds is 4. The first-order valence-electron chi connectivity index (χ1n) is 8.66. The Labute approximate surface area is 136 Å². The first kappa shape index (κ1) is 14.5. The van der Waals surface area contributed by atoms with Crippen molar-refractivity contribution in [1.82, 2.24) is 10.3 Å². The molecule has 23 heavy (non-hydrogen) atoms. The van der Waals surface area contributed by atoms with Gasteiger partial charge in [-0.25, -0.2) is 4.98 Å². The van der Waals surface area contributed by atoms with Crippen LogP contribution in [0.1, 0.15) is 38.5 Å². The van der Waals surface area contributed by atoms with Crippen LogP contribution in [0.2, 0.25) is 0 Å². The van der Waals surface area contributed by atoms with Crippen molar-refractivity contribution in [2.45, 2.75) is 44.6 Å². The Morgan fingerprint density at radius 3 is 2.83 bits per heavy atom. The second kappa shape index (κ2) is 6.22. The van der Waals surface area contributed by atoms with E-state index in [4.69, 9.17) is 4.42 Å². The van der Waals surface area contributed by atoms with Crippen LogP contribution < -0.4 is 10.2 Å². The number of hydrogen-bond donors (Lipinski definition) is 1. The topological polar surface area (TPSA) is 58.4 Å². The van der Waals surface area contributed by atoms with Crippen LogP contribution in [0.4, 0.5) is 5.82 Å². The Morgan fingerprint density at radius 2 is 2.09 bits per heavy atom. The van der Waals surface area contributed by atoms with Crippen LogP contribution in [0.3, 0.4) is 0 Å². The Bertz CT molecular complexity index is 684. The minimum absolute atomic E-state index is 0.239. The highest BCUT2D eigenvalue weighted by molar-refractivity contribution is 5.88. The minimum Gasteiger partial charge on any atom is -0.464 e. The number of carbonyl (C=O) groups is 1. The number of pyridine rings is 1. The number of anilines is 1. The molecule has 1 N–H and O–H groups in total. The zero-order valence-electron chi connectivity index (χ0n) is 13.3. The summed E-state index contributed by atoms with van der Waals surface area (Å²) in [5.74, 6) is 1.74. The van der Waals surface area contributed by atoms with E-state index in [-0.39, 0.29) is 5.91 Å². The van der Waals surface area contributed by atoms with E-state index in [0.29, 0.717) is 18.4 Å². The van der Waals surface area contributed by atoms with Gasteiger partial charge in [0.05, 0.1) is 11.6 Å². The van der Waals surface area contributed by atoms with Gasteiger partial charge in [-0.05, 0) is 50.2 Å². The minimum atomic E-state index is 0.239. The zero-order valence-corrected chi connectivity index (χ0v) is 13.3. The summed E-state index contributed by atoms with van der Waals surface area (Å²) >= 11 is 0. The van der Waals surface area contributed by atoms with Crippen LogP contribution in [-0.4, -0.2) is 30.0 Å². The van der Waals surface area contributed by atoms with Gasteiger partial charge in [-0.15, -0.1) is 0 Å². The standard InChI is InChI=1S/C18H23N3O2/c22-17(20-14-2-1-3-14)12-13-5-9-21(10-6-13)18-15-7-11-23-16(15)4-8-19-18/h4,7-8,11,13-14H,1-3,5-6,9-10,12H2,(H,20,22). The van der Waals surface area contributed by atoms with Gasteiger partial charge < -0.3 is 14.6 Å². The van der Waals surface area contributed by atoms with E-state index in [9.17, 15) is 4.79 Å². The molecule has 5 heteroatoms. The average molecular weight is 313 g/mol. The van der Waals surface area contributed by atoms with Gasteiger partial charge in [-0.3, -0.25) is 4.79 Å². The first-order valence-corrected chi connectivity index (χ1v) is 8.66. The van der Waals surface area contributed by atoms with E-state index in [2.05, 4.69) is 15.2 Å². The number of nitrogens with one attached hydrogen (secondary N) is 1. The Morgan fingerprint density at radius 1 is 1.26 bits per heavy atom. The maximum Gasteiger partial charge on any atom is 0.220 e. The Balaban J connectivity index is 1.33. The zero-order chi connectivity index (χ0) is 15.6. The van der Waals surface area contributed by atoms with Crippen molar-refractivity contribution in [1.29, 1.82) is 0 Å². The number of aromatic nitrogens is 1. The van der Waals surface area contributed by atoms with E-state index in [1.807, 2.05) is 12.1 Å². The molecule has 0 bridgehead atoms. The molecule has 1 aliphatic heterocycles. The van der Waals surface area contributed by atoms with E-state index in [1.54, 1.807) is 12.5 Å². The smallest absolute Gasteiger partial charge is 0.220 e. The lowest BCUT2D eigenvalue weighted by Gasteiger charge is -2.33. The molecule has 0 unspecified atom stereocenters. The Kier molecular flexibility index (Phi) is 3.93. The second-order valence-electron chi connectivity index (χ2n) is 6.80. The number of furan rings is 1. The second-order valence-corrected chi connectivity index (χ2v) is 6.80. The van der Waals surface area contributed by atoms with Gasteiger partial charge in [0.15, 0.2) is 0 Å². The summed E-state index contributed by atoms with van der Waals surface area (Å²) < 4.78 is 5.46. The van der Waals surface area contributed by atoms with Crippen molar-refractivity contribution in [2.24, 2.45) is 5.92 Å². The summed E-state index contributed by atoms with van der Waals surface area (Å²) in [5.41, 5.74) is 0.886. The maximum absolute atomic E-state index is 12.1. The highest BCUT2D eigenvalue weighted by Gasteiger charge is 2.25. The summed E-state index contributed by atoms with van der Waals surface area (Å²) in [5, 5.41) is 4.23. The van der Waals surface area contributed by atoms with Crippen LogP contribution >= 0.6 is 0 Å². The molecule has 0 radical (unpaired) electrons. The molecule has 0 aromatic carbocycles. The monoisotopic (exact) mass is 313 g/mol. The fourth-order valence-corrected chi connectivity index (χ4v) is 3.58. The molecule has 1 aliphatic carbocycles. The maximum atomic E-state index is 12.1. The predicted molar refractivity (Wildman–Crippen MR) is 89.3 cm³/mol. The van der Waals surface area contributed by atoms with Gasteiger partial charge >= 0.3 is 0 Å². The summed E-state index contributed by atoms with van der Waals surface area (Å²) in [7, 11) is 0. The molecular formula is C18H23N3O2. The lowest BCUT2D eigenvalue weighted by Crippen LogP contribution is -2.41. The highest BCUT2D eigenvalue weighted by atomic mass is 16.3. The number of piperidine rings is 1. The van der Waals surface area contributed by atoms with Crippen LogP contribution in [0.15, 0.2) is 29.0 Å². The van der Waals surface area contributed by atoms with Crippen LogP contribution in [-0.2, 0) is 4.79 Å². The molecule has 4 rings (SSSR count). The van der Waals surface area contributed by atoms with E-state index >= 15 is 0 Å². The van der Waals surface area contributed by atoms with Crippen molar-refractivity contribution >= 4 is 22.7 Å². The molecule has 2 fully saturated rings. The highest BCUT2D eigenvalue weighted by Crippen LogP contribution is 2.30. The number of fused-ring (bicyclic) bond motifs is 1. The summed E-state index contributed by atoms with van der Waals surface area (Å²) in [4.78, 5) is 18.9. The third-order valence-corrected chi connectivity index (χ3v) is 5.22. The average Bonchev–Trinajstić information content (AvgIpc) is 3.00. The lowest BCUT2D eigenvalue weighted by atomic mass is 9.90. The van der Waals surface area contributed by atoms with E-state index in [1.165, 1.54) is 6.42 Å². The van der Waals surface area contributed by atoms with Gasteiger partial charge in [-0.1, -0.05) is 0 Å². The third kappa shape index (κ3) is 3.05. The molecule has 1 amide bonds. The SMILES string of the molecule is O=C(CC1CCN(c2nccc3occc23)CC1)NC1CCC1. The largest absolute Gasteiger partial charge is 0.464 e. The van der Waals surface area contributed by atoms with Crippen molar-refractivity contribution in [3.05, 3.63) is 24.6 Å². The summed E-state index contributed by atoms with van der Waals surface area (Å²) in [6, 6.07) is 4.33. The molecule has 0 atom stereocenters. The number of hydrogen-bond acceptors (Lipinski definition) is 4. The normalized spacial score (nSPS) is 19.7.